The minimum Gasteiger partial charge on any atom is -0.493 e. The van der Waals surface area contributed by atoms with Gasteiger partial charge in [-0.3, -0.25) is 0 Å². The van der Waals surface area contributed by atoms with Gasteiger partial charge in [-0.05, 0) is 48.2 Å². The number of methoxy groups -OCH3 is 1. The van der Waals surface area contributed by atoms with E-state index < -0.39 is 5.97 Å². The third kappa shape index (κ3) is 4.78. The van der Waals surface area contributed by atoms with Crippen molar-refractivity contribution in [1.29, 1.82) is 0 Å². The normalized spacial score (nSPS) is 11.8. The zero-order chi connectivity index (χ0) is 19.1. The summed E-state index contributed by atoms with van der Waals surface area (Å²) in [4.78, 5) is 11.2. The maximum Gasteiger partial charge on any atom is 0.335 e. The first-order valence-corrected chi connectivity index (χ1v) is 9.12. The number of carboxylic acids is 1. The molecule has 0 spiro atoms. The molecule has 1 atom stereocenters. The lowest BCUT2D eigenvalue weighted by atomic mass is 9.90. The van der Waals surface area contributed by atoms with Crippen LogP contribution in [-0.2, 0) is 0 Å². The number of carboxylic acid groups (broad SMARTS) is 1. The molecule has 0 saturated carbocycles. The summed E-state index contributed by atoms with van der Waals surface area (Å²) in [6.45, 7) is 6.79. The topological polar surface area (TPSA) is 55.8 Å². The second-order valence-corrected chi connectivity index (χ2v) is 6.57. The third-order valence-electron chi connectivity index (χ3n) is 4.67. The van der Waals surface area contributed by atoms with Crippen LogP contribution in [0.3, 0.4) is 0 Å². The Balaban J connectivity index is 2.19. The van der Waals surface area contributed by atoms with Gasteiger partial charge in [-0.2, -0.15) is 0 Å². The number of aryl methyl sites for hydroxylation is 1. The number of hydrogen-bond donors (Lipinski definition) is 1. The molecule has 4 nitrogen and oxygen atoms in total. The van der Waals surface area contributed by atoms with E-state index in [1.165, 1.54) is 0 Å². The lowest BCUT2D eigenvalue weighted by Crippen LogP contribution is -2.04. The summed E-state index contributed by atoms with van der Waals surface area (Å²) in [5.74, 6) is 0.717. The maximum atomic E-state index is 11.2. The second kappa shape index (κ2) is 9.27. The van der Waals surface area contributed by atoms with E-state index in [1.54, 1.807) is 13.2 Å². The SMILES string of the molecule is CCCCCOc1ccc(C(C)c2ccc(C(=O)O)c(C)c2)cc1OC. The summed E-state index contributed by atoms with van der Waals surface area (Å²) in [6, 6.07) is 11.5. The molecule has 0 aliphatic carbocycles. The van der Waals surface area contributed by atoms with Crippen LogP contribution in [0, 0.1) is 6.92 Å². The van der Waals surface area contributed by atoms with Gasteiger partial charge in [-0.25, -0.2) is 4.79 Å². The van der Waals surface area contributed by atoms with E-state index in [2.05, 4.69) is 13.8 Å². The van der Waals surface area contributed by atoms with Gasteiger partial charge >= 0.3 is 5.97 Å². The van der Waals surface area contributed by atoms with E-state index in [9.17, 15) is 9.90 Å². The van der Waals surface area contributed by atoms with Gasteiger partial charge in [-0.1, -0.05) is 44.9 Å². The van der Waals surface area contributed by atoms with Crippen LogP contribution < -0.4 is 9.47 Å². The first kappa shape index (κ1) is 19.8. The Hall–Kier alpha value is -2.49. The van der Waals surface area contributed by atoms with Gasteiger partial charge < -0.3 is 14.6 Å². The van der Waals surface area contributed by atoms with Gasteiger partial charge in [0.05, 0.1) is 19.3 Å². The van der Waals surface area contributed by atoms with Crippen LogP contribution >= 0.6 is 0 Å². The van der Waals surface area contributed by atoms with Gasteiger partial charge in [-0.15, -0.1) is 0 Å². The molecule has 2 rings (SSSR count). The number of aromatic carboxylic acids is 1. The van der Waals surface area contributed by atoms with Crippen molar-refractivity contribution in [3.05, 3.63) is 58.7 Å². The van der Waals surface area contributed by atoms with Gasteiger partial charge in [0.1, 0.15) is 0 Å². The monoisotopic (exact) mass is 356 g/mol. The molecule has 0 saturated heterocycles. The van der Waals surface area contributed by atoms with E-state index >= 15 is 0 Å². The number of hydrogen-bond acceptors (Lipinski definition) is 3. The van der Waals surface area contributed by atoms with Crippen LogP contribution in [0.2, 0.25) is 0 Å². The summed E-state index contributed by atoms with van der Waals surface area (Å²) in [5.41, 5.74) is 3.29. The summed E-state index contributed by atoms with van der Waals surface area (Å²) in [7, 11) is 1.65. The van der Waals surface area contributed by atoms with Crippen LogP contribution in [0.15, 0.2) is 36.4 Å². The van der Waals surface area contributed by atoms with Crippen molar-refractivity contribution in [3.8, 4) is 11.5 Å². The molecule has 140 valence electrons. The Morgan fingerprint density at radius 1 is 1.08 bits per heavy atom. The Morgan fingerprint density at radius 2 is 1.77 bits per heavy atom. The molecule has 0 aliphatic rings. The van der Waals surface area contributed by atoms with Crippen molar-refractivity contribution in [2.45, 2.75) is 46.0 Å². The molecule has 4 heteroatoms. The average Bonchev–Trinajstić information content (AvgIpc) is 2.64. The van der Waals surface area contributed by atoms with Gasteiger partial charge in [0, 0.05) is 5.92 Å². The van der Waals surface area contributed by atoms with Gasteiger partial charge in [0.2, 0.25) is 0 Å². The molecular weight excluding hydrogens is 328 g/mol. The van der Waals surface area contributed by atoms with E-state index in [-0.39, 0.29) is 5.92 Å². The van der Waals surface area contributed by atoms with Crippen LogP contribution in [0.4, 0.5) is 0 Å². The highest BCUT2D eigenvalue weighted by Gasteiger charge is 2.15. The molecule has 26 heavy (non-hydrogen) atoms. The van der Waals surface area contributed by atoms with Gasteiger partial charge in [0.25, 0.3) is 0 Å². The summed E-state index contributed by atoms with van der Waals surface area (Å²) < 4.78 is 11.3. The predicted molar refractivity (Wildman–Crippen MR) is 104 cm³/mol. The molecule has 0 aliphatic heterocycles. The predicted octanol–water partition coefficient (Wildman–Crippen LogP) is 5.42. The summed E-state index contributed by atoms with van der Waals surface area (Å²) in [5, 5.41) is 9.19. The quantitative estimate of drug-likeness (QED) is 0.609. The Kier molecular flexibility index (Phi) is 7.07. The number of benzene rings is 2. The standard InChI is InChI=1S/C22H28O4/c1-5-6-7-12-26-20-11-9-18(14-21(20)25-4)16(3)17-8-10-19(22(23)24)15(2)13-17/h8-11,13-14,16H,5-7,12H2,1-4H3,(H,23,24). The van der Waals surface area contributed by atoms with Crippen molar-refractivity contribution in [2.24, 2.45) is 0 Å². The van der Waals surface area contributed by atoms with Crippen molar-refractivity contribution in [3.63, 3.8) is 0 Å². The Bertz CT molecular complexity index is 752. The highest BCUT2D eigenvalue weighted by atomic mass is 16.5. The summed E-state index contributed by atoms with van der Waals surface area (Å²) >= 11 is 0. The molecule has 0 aromatic heterocycles. The largest absolute Gasteiger partial charge is 0.493 e. The average molecular weight is 356 g/mol. The van der Waals surface area contributed by atoms with Gasteiger partial charge in [0.15, 0.2) is 11.5 Å². The molecule has 0 amide bonds. The van der Waals surface area contributed by atoms with Crippen molar-refractivity contribution < 1.29 is 19.4 Å². The zero-order valence-corrected chi connectivity index (χ0v) is 16.0. The highest BCUT2D eigenvalue weighted by molar-refractivity contribution is 5.89. The van der Waals surface area contributed by atoms with Crippen LogP contribution in [0.5, 0.6) is 11.5 Å². The van der Waals surface area contributed by atoms with Crippen molar-refractivity contribution in [1.82, 2.24) is 0 Å². The van der Waals surface area contributed by atoms with Crippen molar-refractivity contribution in [2.75, 3.05) is 13.7 Å². The lowest BCUT2D eigenvalue weighted by Gasteiger charge is -2.17. The maximum absolute atomic E-state index is 11.2. The second-order valence-electron chi connectivity index (χ2n) is 6.57. The summed E-state index contributed by atoms with van der Waals surface area (Å²) in [6.07, 6.45) is 3.35. The molecule has 0 bridgehead atoms. The molecule has 0 heterocycles. The molecule has 1 unspecified atom stereocenters. The Labute approximate surface area is 155 Å². The fraction of sp³-hybridized carbons (Fsp3) is 0.409. The first-order valence-electron chi connectivity index (χ1n) is 9.12. The first-order chi connectivity index (χ1) is 12.5. The minimum atomic E-state index is -0.895. The van der Waals surface area contributed by atoms with E-state index in [1.807, 2.05) is 37.3 Å². The van der Waals surface area contributed by atoms with Crippen LogP contribution in [-0.4, -0.2) is 24.8 Å². The molecule has 2 aromatic carbocycles. The van der Waals surface area contributed by atoms with E-state index in [4.69, 9.17) is 9.47 Å². The molecular formula is C22H28O4. The lowest BCUT2D eigenvalue weighted by molar-refractivity contribution is 0.0696. The minimum absolute atomic E-state index is 0.125. The molecule has 0 fully saturated rings. The fourth-order valence-electron chi connectivity index (χ4n) is 3.00. The number of rotatable bonds is 9. The zero-order valence-electron chi connectivity index (χ0n) is 16.0. The number of ether oxygens (including phenoxy) is 2. The fourth-order valence-corrected chi connectivity index (χ4v) is 3.00. The van der Waals surface area contributed by atoms with Crippen LogP contribution in [0.1, 0.15) is 66.1 Å². The third-order valence-corrected chi connectivity index (χ3v) is 4.67. The molecule has 2 aromatic rings. The van der Waals surface area contributed by atoms with Crippen LogP contribution in [0.25, 0.3) is 0 Å². The van der Waals surface area contributed by atoms with E-state index in [0.29, 0.717) is 12.2 Å². The van der Waals surface area contributed by atoms with Crippen molar-refractivity contribution >= 4 is 5.97 Å². The highest BCUT2D eigenvalue weighted by Crippen LogP contribution is 2.34. The smallest absolute Gasteiger partial charge is 0.335 e. The molecule has 0 radical (unpaired) electrons. The number of carbonyl (C=O) groups is 1. The van der Waals surface area contributed by atoms with E-state index in [0.717, 1.165) is 47.5 Å². The number of unbranched alkanes of at least 4 members (excludes halogenated alkanes) is 2. The Morgan fingerprint density at radius 3 is 2.38 bits per heavy atom. The molecule has 1 N–H and O–H groups in total.